The molecule has 0 fully saturated rings. The van der Waals surface area contributed by atoms with E-state index in [0.717, 1.165) is 19.5 Å². The van der Waals surface area contributed by atoms with E-state index in [2.05, 4.69) is 12.2 Å². The van der Waals surface area contributed by atoms with Crippen LogP contribution in [0.15, 0.2) is 0 Å². The lowest BCUT2D eigenvalue weighted by Gasteiger charge is -2.16. The Labute approximate surface area is 98.7 Å². The van der Waals surface area contributed by atoms with Gasteiger partial charge in [0.1, 0.15) is 6.61 Å². The predicted molar refractivity (Wildman–Crippen MR) is 64.4 cm³/mol. The van der Waals surface area contributed by atoms with Crippen LogP contribution in [-0.4, -0.2) is 38.9 Å². The molecule has 0 aliphatic carbocycles. The van der Waals surface area contributed by atoms with E-state index < -0.39 is 5.41 Å². The van der Waals surface area contributed by atoms with E-state index in [0.29, 0.717) is 19.8 Å². The van der Waals surface area contributed by atoms with Crippen LogP contribution in [0.5, 0.6) is 0 Å². The van der Waals surface area contributed by atoms with Gasteiger partial charge in [-0.15, -0.1) is 0 Å². The standard InChI is InChI=1S/C12H25NO3/c1-5-6-13-7-8-15-9-10-16-11(14)12(2,3)4/h13H,5-10H2,1-4H3. The SMILES string of the molecule is CCCNCCOCCOC(=O)C(C)(C)C. The van der Waals surface area contributed by atoms with E-state index >= 15 is 0 Å². The van der Waals surface area contributed by atoms with Crippen molar-refractivity contribution in [2.45, 2.75) is 34.1 Å². The summed E-state index contributed by atoms with van der Waals surface area (Å²) in [6.45, 7) is 11.0. The maximum Gasteiger partial charge on any atom is 0.311 e. The van der Waals surface area contributed by atoms with Crippen molar-refractivity contribution in [3.63, 3.8) is 0 Å². The van der Waals surface area contributed by atoms with Crippen molar-refractivity contribution < 1.29 is 14.3 Å². The van der Waals surface area contributed by atoms with Crippen molar-refractivity contribution in [1.82, 2.24) is 5.32 Å². The molecule has 0 amide bonds. The number of carbonyl (C=O) groups excluding carboxylic acids is 1. The topological polar surface area (TPSA) is 47.6 Å². The lowest BCUT2D eigenvalue weighted by molar-refractivity contribution is -0.154. The Balaban J connectivity index is 3.25. The van der Waals surface area contributed by atoms with E-state index in [4.69, 9.17) is 9.47 Å². The van der Waals surface area contributed by atoms with Crippen molar-refractivity contribution in [1.29, 1.82) is 0 Å². The monoisotopic (exact) mass is 231 g/mol. The Bertz CT molecular complexity index is 187. The number of rotatable bonds is 8. The summed E-state index contributed by atoms with van der Waals surface area (Å²) >= 11 is 0. The molecule has 0 rings (SSSR count). The summed E-state index contributed by atoms with van der Waals surface area (Å²) in [6.07, 6.45) is 1.13. The Hall–Kier alpha value is -0.610. The molecule has 4 nitrogen and oxygen atoms in total. The Morgan fingerprint density at radius 3 is 2.38 bits per heavy atom. The highest BCUT2D eigenvalue weighted by Gasteiger charge is 2.22. The summed E-state index contributed by atoms with van der Waals surface area (Å²) in [5.41, 5.74) is -0.428. The molecule has 0 aliphatic heterocycles. The van der Waals surface area contributed by atoms with Gasteiger partial charge in [0.2, 0.25) is 0 Å². The van der Waals surface area contributed by atoms with Crippen LogP contribution in [0.1, 0.15) is 34.1 Å². The third kappa shape index (κ3) is 8.68. The van der Waals surface area contributed by atoms with Crippen molar-refractivity contribution in [3.8, 4) is 0 Å². The van der Waals surface area contributed by atoms with Crippen LogP contribution in [0.3, 0.4) is 0 Å². The highest BCUT2D eigenvalue weighted by Crippen LogP contribution is 2.14. The van der Waals surface area contributed by atoms with Crippen molar-refractivity contribution in [2.24, 2.45) is 5.41 Å². The molecule has 0 aliphatic rings. The van der Waals surface area contributed by atoms with Crippen LogP contribution in [0.4, 0.5) is 0 Å². The Kier molecular flexibility index (Phi) is 8.21. The lowest BCUT2D eigenvalue weighted by atomic mass is 9.97. The average molecular weight is 231 g/mol. The first kappa shape index (κ1) is 15.4. The van der Waals surface area contributed by atoms with Crippen LogP contribution < -0.4 is 5.32 Å². The van der Waals surface area contributed by atoms with Crippen molar-refractivity contribution >= 4 is 5.97 Å². The molecular formula is C12H25NO3. The summed E-state index contributed by atoms with van der Waals surface area (Å²) in [5.74, 6) is -0.180. The maximum absolute atomic E-state index is 11.3. The molecule has 0 bridgehead atoms. The van der Waals surface area contributed by atoms with E-state index in [-0.39, 0.29) is 5.97 Å². The largest absolute Gasteiger partial charge is 0.463 e. The minimum Gasteiger partial charge on any atom is -0.463 e. The van der Waals surface area contributed by atoms with E-state index in [9.17, 15) is 4.79 Å². The molecule has 96 valence electrons. The van der Waals surface area contributed by atoms with Gasteiger partial charge in [-0.2, -0.15) is 0 Å². The zero-order valence-corrected chi connectivity index (χ0v) is 11.0. The van der Waals surface area contributed by atoms with E-state index in [1.54, 1.807) is 0 Å². The fourth-order valence-corrected chi connectivity index (χ4v) is 0.958. The third-order valence-electron chi connectivity index (χ3n) is 1.92. The molecule has 0 aromatic carbocycles. The molecule has 0 saturated carbocycles. The zero-order chi connectivity index (χ0) is 12.4. The van der Waals surface area contributed by atoms with E-state index in [1.165, 1.54) is 0 Å². The second-order valence-electron chi connectivity index (χ2n) is 4.75. The molecule has 0 saturated heterocycles. The summed E-state index contributed by atoms with van der Waals surface area (Å²) in [5, 5.41) is 3.23. The second kappa shape index (κ2) is 8.53. The molecule has 0 unspecified atom stereocenters. The zero-order valence-electron chi connectivity index (χ0n) is 11.0. The molecule has 0 aromatic rings. The van der Waals surface area contributed by atoms with Gasteiger partial charge in [-0.1, -0.05) is 6.92 Å². The first-order valence-corrected chi connectivity index (χ1v) is 5.94. The number of ether oxygens (including phenoxy) is 2. The molecule has 0 heterocycles. The molecule has 16 heavy (non-hydrogen) atoms. The minimum atomic E-state index is -0.428. The molecule has 0 spiro atoms. The van der Waals surface area contributed by atoms with Crippen molar-refractivity contribution in [3.05, 3.63) is 0 Å². The van der Waals surface area contributed by atoms with Gasteiger partial charge in [0.25, 0.3) is 0 Å². The molecular weight excluding hydrogens is 206 g/mol. The van der Waals surface area contributed by atoms with Gasteiger partial charge in [0, 0.05) is 6.54 Å². The number of nitrogens with one attached hydrogen (secondary N) is 1. The molecule has 0 atom stereocenters. The summed E-state index contributed by atoms with van der Waals surface area (Å²) < 4.78 is 10.4. The van der Waals surface area contributed by atoms with Gasteiger partial charge in [-0.3, -0.25) is 4.79 Å². The van der Waals surface area contributed by atoms with Crippen molar-refractivity contribution in [2.75, 3.05) is 32.9 Å². The van der Waals surface area contributed by atoms with Crippen LogP contribution in [0, 0.1) is 5.41 Å². The average Bonchev–Trinajstić information content (AvgIpc) is 2.20. The van der Waals surface area contributed by atoms with Crippen LogP contribution in [0.2, 0.25) is 0 Å². The quantitative estimate of drug-likeness (QED) is 0.509. The fraction of sp³-hybridized carbons (Fsp3) is 0.917. The van der Waals surface area contributed by atoms with Gasteiger partial charge in [-0.05, 0) is 33.7 Å². The minimum absolute atomic E-state index is 0.180. The highest BCUT2D eigenvalue weighted by atomic mass is 16.6. The highest BCUT2D eigenvalue weighted by molar-refractivity contribution is 5.75. The fourth-order valence-electron chi connectivity index (χ4n) is 0.958. The first-order valence-electron chi connectivity index (χ1n) is 5.94. The molecule has 0 radical (unpaired) electrons. The molecule has 0 aromatic heterocycles. The van der Waals surface area contributed by atoms with Crippen LogP contribution >= 0.6 is 0 Å². The predicted octanol–water partition coefficient (Wildman–Crippen LogP) is 1.59. The summed E-state index contributed by atoms with van der Waals surface area (Å²) in [4.78, 5) is 11.3. The van der Waals surface area contributed by atoms with Gasteiger partial charge in [0.15, 0.2) is 0 Å². The number of hydrogen-bond donors (Lipinski definition) is 1. The number of esters is 1. The summed E-state index contributed by atoms with van der Waals surface area (Å²) in [7, 11) is 0. The maximum atomic E-state index is 11.3. The van der Waals surface area contributed by atoms with Crippen LogP contribution in [0.25, 0.3) is 0 Å². The van der Waals surface area contributed by atoms with Gasteiger partial charge < -0.3 is 14.8 Å². The smallest absolute Gasteiger partial charge is 0.311 e. The normalized spacial score (nSPS) is 11.5. The Morgan fingerprint density at radius 2 is 1.81 bits per heavy atom. The van der Waals surface area contributed by atoms with Gasteiger partial charge in [-0.25, -0.2) is 0 Å². The third-order valence-corrected chi connectivity index (χ3v) is 1.92. The van der Waals surface area contributed by atoms with Crippen LogP contribution in [-0.2, 0) is 14.3 Å². The molecule has 4 heteroatoms. The number of carbonyl (C=O) groups is 1. The van der Waals surface area contributed by atoms with Gasteiger partial charge >= 0.3 is 5.97 Å². The Morgan fingerprint density at radius 1 is 1.12 bits per heavy atom. The summed E-state index contributed by atoms with van der Waals surface area (Å²) in [6, 6.07) is 0. The second-order valence-corrected chi connectivity index (χ2v) is 4.75. The first-order chi connectivity index (χ1) is 7.48. The van der Waals surface area contributed by atoms with Gasteiger partial charge in [0.05, 0.1) is 18.6 Å². The lowest BCUT2D eigenvalue weighted by Crippen LogP contribution is -2.25. The number of hydrogen-bond acceptors (Lipinski definition) is 4. The van der Waals surface area contributed by atoms with E-state index in [1.807, 2.05) is 20.8 Å². The molecule has 1 N–H and O–H groups in total.